The average molecular weight is 411 g/mol. The number of carbonyl (C=O) groups is 1. The quantitative estimate of drug-likeness (QED) is 0.360. The van der Waals surface area contributed by atoms with Crippen molar-refractivity contribution in [2.45, 2.75) is 17.5 Å². The van der Waals surface area contributed by atoms with E-state index in [-0.39, 0.29) is 5.56 Å². The molecule has 0 unspecified atom stereocenters. The first-order chi connectivity index (χ1) is 12.8. The van der Waals surface area contributed by atoms with Gasteiger partial charge in [0.05, 0.1) is 22.3 Å². The highest BCUT2D eigenvalue weighted by atomic mass is 35.5. The van der Waals surface area contributed by atoms with Gasteiger partial charge in [0.25, 0.3) is 0 Å². The summed E-state index contributed by atoms with van der Waals surface area (Å²) >= 11 is 7.01. The summed E-state index contributed by atoms with van der Waals surface area (Å²) in [5.74, 6) is 0.108. The molecule has 8 heteroatoms. The van der Waals surface area contributed by atoms with Gasteiger partial charge in [-0.05, 0) is 35.9 Å². The molecule has 0 aromatic heterocycles. The fraction of sp³-hybridized carbons (Fsp3) is 0.158. The van der Waals surface area contributed by atoms with Crippen molar-refractivity contribution < 1.29 is 18.0 Å². The molecule has 0 spiro atoms. The highest BCUT2D eigenvalue weighted by Gasteiger charge is 2.33. The molecule has 2 aromatic rings. The van der Waals surface area contributed by atoms with Gasteiger partial charge in [-0.25, -0.2) is 0 Å². The van der Waals surface area contributed by atoms with E-state index in [0.29, 0.717) is 17.9 Å². The first-order valence-corrected chi connectivity index (χ1v) is 9.12. The van der Waals surface area contributed by atoms with Gasteiger partial charge in [0, 0.05) is 23.1 Å². The van der Waals surface area contributed by atoms with E-state index in [4.69, 9.17) is 16.9 Å². The molecule has 1 amide bonds. The standard InChI is InChI=1S/C19H14ClF3N2OS/c20-15-8-6-13(12-14(15)19(21,22)23)7-9-18(26)25-16-4-1-2-5-17(16)27-11-3-10-24/h1-2,4-9,12H,3,11H2,(H,25,26). The van der Waals surface area contributed by atoms with Gasteiger partial charge in [-0.3, -0.25) is 4.79 Å². The van der Waals surface area contributed by atoms with E-state index in [2.05, 4.69) is 5.32 Å². The lowest BCUT2D eigenvalue weighted by Gasteiger charge is -2.10. The van der Waals surface area contributed by atoms with E-state index in [1.165, 1.54) is 23.9 Å². The van der Waals surface area contributed by atoms with Gasteiger partial charge in [-0.1, -0.05) is 29.8 Å². The molecule has 1 N–H and O–H groups in total. The Kier molecular flexibility index (Phi) is 7.34. The molecule has 0 atom stereocenters. The number of anilines is 1. The number of nitrogens with one attached hydrogen (secondary N) is 1. The molecule has 2 rings (SSSR count). The first-order valence-electron chi connectivity index (χ1n) is 7.76. The lowest BCUT2D eigenvalue weighted by molar-refractivity contribution is -0.137. The van der Waals surface area contributed by atoms with Gasteiger partial charge in [0.15, 0.2) is 0 Å². The van der Waals surface area contributed by atoms with Crippen molar-refractivity contribution in [3.63, 3.8) is 0 Å². The zero-order valence-corrected chi connectivity index (χ0v) is 15.5. The minimum absolute atomic E-state index is 0.207. The van der Waals surface area contributed by atoms with Crippen molar-refractivity contribution in [3.8, 4) is 6.07 Å². The number of nitrogens with zero attached hydrogens (tertiary/aromatic N) is 1. The van der Waals surface area contributed by atoms with Crippen LogP contribution in [0.15, 0.2) is 53.4 Å². The zero-order chi connectivity index (χ0) is 19.9. The third-order valence-electron chi connectivity index (χ3n) is 3.34. The van der Waals surface area contributed by atoms with Crippen LogP contribution in [0.5, 0.6) is 0 Å². The number of benzene rings is 2. The molecule has 0 fully saturated rings. The average Bonchev–Trinajstić information content (AvgIpc) is 2.61. The monoisotopic (exact) mass is 410 g/mol. The van der Waals surface area contributed by atoms with Gasteiger partial charge in [0.1, 0.15) is 0 Å². The fourth-order valence-corrected chi connectivity index (χ4v) is 3.20. The number of nitriles is 1. The van der Waals surface area contributed by atoms with Crippen molar-refractivity contribution in [2.75, 3.05) is 11.1 Å². The number of carbonyl (C=O) groups excluding carboxylic acids is 1. The minimum Gasteiger partial charge on any atom is -0.321 e. The molecule has 2 aromatic carbocycles. The minimum atomic E-state index is -4.57. The van der Waals surface area contributed by atoms with Gasteiger partial charge in [0.2, 0.25) is 5.91 Å². The topological polar surface area (TPSA) is 52.9 Å². The van der Waals surface area contributed by atoms with Gasteiger partial charge in [-0.15, -0.1) is 11.8 Å². The number of halogens is 4. The molecule has 0 aliphatic rings. The molecular formula is C19H14ClF3N2OS. The lowest BCUT2D eigenvalue weighted by atomic mass is 10.1. The SMILES string of the molecule is N#CCCSc1ccccc1NC(=O)C=Cc1ccc(Cl)c(C(F)(F)F)c1. The fourth-order valence-electron chi connectivity index (χ4n) is 2.11. The number of thioether (sulfide) groups is 1. The number of amides is 1. The lowest BCUT2D eigenvalue weighted by Crippen LogP contribution is -2.09. The maximum Gasteiger partial charge on any atom is 0.417 e. The summed E-state index contributed by atoms with van der Waals surface area (Å²) in [5.41, 5.74) is -0.174. The molecule has 0 saturated heterocycles. The Balaban J connectivity index is 2.10. The van der Waals surface area contributed by atoms with Gasteiger partial charge in [-0.2, -0.15) is 18.4 Å². The maximum absolute atomic E-state index is 12.9. The number of rotatable bonds is 6. The Morgan fingerprint density at radius 2 is 2.00 bits per heavy atom. The van der Waals surface area contributed by atoms with Crippen LogP contribution >= 0.6 is 23.4 Å². The number of para-hydroxylation sites is 1. The van der Waals surface area contributed by atoms with E-state index >= 15 is 0 Å². The van der Waals surface area contributed by atoms with Crippen LogP contribution in [0.4, 0.5) is 18.9 Å². The summed E-state index contributed by atoms with van der Waals surface area (Å²) in [6.07, 6.45) is -1.75. The summed E-state index contributed by atoms with van der Waals surface area (Å²) in [5, 5.41) is 10.9. The number of hydrogen-bond acceptors (Lipinski definition) is 3. The number of hydrogen-bond donors (Lipinski definition) is 1. The number of alkyl halides is 3. The molecule has 140 valence electrons. The van der Waals surface area contributed by atoms with Crippen molar-refractivity contribution in [3.05, 3.63) is 64.7 Å². The Labute approximate surface area is 163 Å². The van der Waals surface area contributed by atoms with Crippen LogP contribution in [0, 0.1) is 11.3 Å². The molecule has 0 heterocycles. The Hall–Kier alpha value is -2.43. The molecule has 27 heavy (non-hydrogen) atoms. The van der Waals surface area contributed by atoms with Crippen LogP contribution in [0.3, 0.4) is 0 Å². The predicted molar refractivity (Wildman–Crippen MR) is 102 cm³/mol. The van der Waals surface area contributed by atoms with E-state index in [1.54, 1.807) is 12.1 Å². The second kappa shape index (κ2) is 9.49. The van der Waals surface area contributed by atoms with E-state index in [0.717, 1.165) is 23.1 Å². The van der Waals surface area contributed by atoms with Crippen molar-refractivity contribution in [2.24, 2.45) is 0 Å². The van der Waals surface area contributed by atoms with Gasteiger partial charge < -0.3 is 5.32 Å². The summed E-state index contributed by atoms with van der Waals surface area (Å²) in [7, 11) is 0. The third kappa shape index (κ3) is 6.35. The molecule has 3 nitrogen and oxygen atoms in total. The van der Waals surface area contributed by atoms with Crippen LogP contribution in [0.2, 0.25) is 5.02 Å². The van der Waals surface area contributed by atoms with E-state index in [1.807, 2.05) is 18.2 Å². The van der Waals surface area contributed by atoms with Crippen molar-refractivity contribution >= 4 is 41.0 Å². The summed E-state index contributed by atoms with van der Waals surface area (Å²) in [4.78, 5) is 12.9. The molecule has 0 radical (unpaired) electrons. The molecule has 0 aliphatic heterocycles. The molecule has 0 bridgehead atoms. The Morgan fingerprint density at radius 3 is 2.70 bits per heavy atom. The Morgan fingerprint density at radius 1 is 1.26 bits per heavy atom. The van der Waals surface area contributed by atoms with Crippen LogP contribution in [0.1, 0.15) is 17.5 Å². The normalized spacial score (nSPS) is 11.4. The largest absolute Gasteiger partial charge is 0.417 e. The van der Waals surface area contributed by atoms with Crippen LogP contribution in [-0.4, -0.2) is 11.7 Å². The summed E-state index contributed by atoms with van der Waals surface area (Å²) < 4.78 is 38.6. The highest BCUT2D eigenvalue weighted by molar-refractivity contribution is 7.99. The van der Waals surface area contributed by atoms with Gasteiger partial charge >= 0.3 is 6.18 Å². The molecular weight excluding hydrogens is 397 g/mol. The second-order valence-corrected chi connectivity index (χ2v) is 6.86. The molecule has 0 aliphatic carbocycles. The van der Waals surface area contributed by atoms with Crippen molar-refractivity contribution in [1.82, 2.24) is 0 Å². The first kappa shape index (κ1) is 20.9. The second-order valence-electron chi connectivity index (χ2n) is 5.31. The zero-order valence-electron chi connectivity index (χ0n) is 13.9. The van der Waals surface area contributed by atoms with Crippen LogP contribution in [0.25, 0.3) is 6.08 Å². The van der Waals surface area contributed by atoms with Crippen molar-refractivity contribution in [1.29, 1.82) is 5.26 Å². The van der Waals surface area contributed by atoms with Crippen LogP contribution < -0.4 is 5.32 Å². The van der Waals surface area contributed by atoms with E-state index in [9.17, 15) is 18.0 Å². The maximum atomic E-state index is 12.9. The Bertz CT molecular complexity index is 891. The van der Waals surface area contributed by atoms with Crippen LogP contribution in [-0.2, 0) is 11.0 Å². The smallest absolute Gasteiger partial charge is 0.321 e. The summed E-state index contributed by atoms with van der Waals surface area (Å²) in [6, 6.07) is 12.6. The predicted octanol–water partition coefficient (Wildman–Crippen LogP) is 6.02. The highest BCUT2D eigenvalue weighted by Crippen LogP contribution is 2.35. The summed E-state index contributed by atoms with van der Waals surface area (Å²) in [6.45, 7) is 0. The van der Waals surface area contributed by atoms with E-state index < -0.39 is 22.7 Å². The third-order valence-corrected chi connectivity index (χ3v) is 4.74. The molecule has 0 saturated carbocycles.